The van der Waals surface area contributed by atoms with E-state index in [1.807, 2.05) is 0 Å². The highest BCUT2D eigenvalue weighted by Crippen LogP contribution is 2.55. The number of hydrogen-bond acceptors (Lipinski definition) is 5. The Hall–Kier alpha value is -0.910. The lowest BCUT2D eigenvalue weighted by Crippen LogP contribution is -2.34. The van der Waals surface area contributed by atoms with Gasteiger partial charge in [0.2, 0.25) is 5.91 Å². The smallest absolute Gasteiger partial charge is 0.289 e. The van der Waals surface area contributed by atoms with Crippen molar-refractivity contribution in [1.29, 1.82) is 0 Å². The first-order chi connectivity index (χ1) is 8.67. The van der Waals surface area contributed by atoms with Crippen molar-refractivity contribution in [2.75, 3.05) is 13.1 Å². The topological polar surface area (TPSA) is 76.2 Å². The van der Waals surface area contributed by atoms with Crippen molar-refractivity contribution in [2.45, 2.75) is 46.8 Å². The summed E-state index contributed by atoms with van der Waals surface area (Å²) in [5.74, 6) is -0.381. The zero-order chi connectivity index (χ0) is 14.8. The predicted molar refractivity (Wildman–Crippen MR) is 69.5 cm³/mol. The van der Waals surface area contributed by atoms with Crippen molar-refractivity contribution in [1.82, 2.24) is 9.57 Å². The van der Waals surface area contributed by atoms with Crippen molar-refractivity contribution < 1.29 is 23.2 Å². The zero-order valence-electron chi connectivity index (χ0n) is 12.0. The quantitative estimate of drug-likeness (QED) is 0.726. The van der Waals surface area contributed by atoms with Crippen molar-refractivity contribution in [2.24, 2.45) is 0 Å². The van der Waals surface area contributed by atoms with Gasteiger partial charge in [-0.15, -0.1) is 0 Å². The molecular weight excluding hydrogens is 271 g/mol. The van der Waals surface area contributed by atoms with Gasteiger partial charge in [0.25, 0.3) is 0 Å². The number of urea groups is 1. The minimum absolute atomic E-state index is 0.148. The number of hydrogen-bond donors (Lipinski definition) is 0. The molecule has 0 N–H and O–H groups in total. The highest BCUT2D eigenvalue weighted by Gasteiger charge is 2.46. The van der Waals surface area contributed by atoms with Crippen LogP contribution in [0.25, 0.3) is 0 Å². The van der Waals surface area contributed by atoms with Crippen LogP contribution in [0.15, 0.2) is 0 Å². The second-order valence-electron chi connectivity index (χ2n) is 4.85. The molecule has 0 saturated carbocycles. The lowest BCUT2D eigenvalue weighted by atomic mass is 10.5. The summed E-state index contributed by atoms with van der Waals surface area (Å²) in [4.78, 5) is 24.4. The van der Waals surface area contributed by atoms with E-state index in [0.717, 1.165) is 9.57 Å². The Bertz CT molecular complexity index is 396. The normalized spacial score (nSPS) is 16.9. The van der Waals surface area contributed by atoms with Gasteiger partial charge >= 0.3 is 13.8 Å². The maximum absolute atomic E-state index is 12.7. The molecule has 1 aliphatic heterocycles. The van der Waals surface area contributed by atoms with E-state index in [0.29, 0.717) is 0 Å². The molecule has 0 unspecified atom stereocenters. The first-order valence-corrected chi connectivity index (χ1v) is 7.74. The summed E-state index contributed by atoms with van der Waals surface area (Å²) in [6, 6.07) is -0.628. The first-order valence-electron chi connectivity index (χ1n) is 6.24. The van der Waals surface area contributed by atoms with Crippen LogP contribution in [0.2, 0.25) is 0 Å². The number of carbonyl (C=O) groups excluding carboxylic acids is 2. The number of carbonyl (C=O) groups is 2. The molecule has 0 aliphatic carbocycles. The van der Waals surface area contributed by atoms with Crippen LogP contribution in [0, 0.1) is 0 Å². The van der Waals surface area contributed by atoms with E-state index in [9.17, 15) is 14.2 Å². The van der Waals surface area contributed by atoms with E-state index in [2.05, 4.69) is 0 Å². The maximum atomic E-state index is 12.7. The van der Waals surface area contributed by atoms with E-state index < -0.39 is 13.8 Å². The molecule has 0 aromatic rings. The number of nitrogens with zero attached hydrogens (tertiary/aromatic N) is 2. The molecule has 1 aliphatic rings. The minimum Gasteiger partial charge on any atom is -0.289 e. The van der Waals surface area contributed by atoms with E-state index in [4.69, 9.17) is 9.05 Å². The van der Waals surface area contributed by atoms with E-state index in [1.54, 1.807) is 27.7 Å². The summed E-state index contributed by atoms with van der Waals surface area (Å²) < 4.78 is 24.4. The summed E-state index contributed by atoms with van der Waals surface area (Å²) in [6.45, 7) is 8.47. The molecule has 0 aromatic carbocycles. The summed E-state index contributed by atoms with van der Waals surface area (Å²) in [5.41, 5.74) is 0. The van der Waals surface area contributed by atoms with Gasteiger partial charge in [-0.3, -0.25) is 18.7 Å². The SMILES string of the molecule is CC(=O)N1CCN(P(=O)(OC(C)C)OC(C)C)C1=O. The Balaban J connectivity index is 2.97. The van der Waals surface area contributed by atoms with Gasteiger partial charge in [0.1, 0.15) is 0 Å². The molecule has 110 valence electrons. The monoisotopic (exact) mass is 292 g/mol. The zero-order valence-corrected chi connectivity index (χ0v) is 12.8. The molecule has 0 spiro atoms. The Morgan fingerprint density at radius 1 is 1.16 bits per heavy atom. The van der Waals surface area contributed by atoms with Crippen molar-refractivity contribution >= 4 is 19.7 Å². The van der Waals surface area contributed by atoms with Crippen LogP contribution in [0.3, 0.4) is 0 Å². The highest BCUT2D eigenvalue weighted by molar-refractivity contribution is 7.52. The molecule has 1 saturated heterocycles. The van der Waals surface area contributed by atoms with Gasteiger partial charge in [-0.1, -0.05) is 0 Å². The fourth-order valence-electron chi connectivity index (χ4n) is 1.72. The third-order valence-corrected chi connectivity index (χ3v) is 4.69. The fraction of sp³-hybridized carbons (Fsp3) is 0.818. The molecule has 0 bridgehead atoms. The Morgan fingerprint density at radius 2 is 1.63 bits per heavy atom. The number of amides is 3. The summed E-state index contributed by atoms with van der Waals surface area (Å²) in [5, 5.41) is 0. The molecule has 8 heteroatoms. The number of rotatable bonds is 5. The van der Waals surface area contributed by atoms with Gasteiger partial charge in [-0.05, 0) is 27.7 Å². The Kier molecular flexibility index (Phi) is 5.12. The van der Waals surface area contributed by atoms with Crippen LogP contribution >= 0.6 is 7.75 Å². The Labute approximate surface area is 113 Å². The number of imide groups is 1. The van der Waals surface area contributed by atoms with Gasteiger partial charge in [-0.2, -0.15) is 0 Å². The average molecular weight is 292 g/mol. The van der Waals surface area contributed by atoms with Crippen LogP contribution in [-0.4, -0.2) is 46.8 Å². The molecule has 0 atom stereocenters. The third-order valence-electron chi connectivity index (χ3n) is 2.35. The third kappa shape index (κ3) is 3.78. The van der Waals surface area contributed by atoms with E-state index in [1.165, 1.54) is 6.92 Å². The van der Waals surface area contributed by atoms with Crippen LogP contribution in [0.1, 0.15) is 34.6 Å². The van der Waals surface area contributed by atoms with Gasteiger partial charge in [0.05, 0.1) is 18.8 Å². The Morgan fingerprint density at radius 3 is 1.95 bits per heavy atom. The lowest BCUT2D eigenvalue weighted by molar-refractivity contribution is -0.125. The predicted octanol–water partition coefficient (Wildman–Crippen LogP) is 2.23. The molecule has 0 radical (unpaired) electrons. The standard InChI is InChI=1S/C11H21N2O5P/c1-8(2)17-19(16,18-9(3)4)13-7-6-12(10(5)14)11(13)15/h8-9H,6-7H2,1-5H3. The van der Waals surface area contributed by atoms with Crippen LogP contribution < -0.4 is 0 Å². The van der Waals surface area contributed by atoms with E-state index >= 15 is 0 Å². The fourth-order valence-corrected chi connectivity index (χ4v) is 3.71. The molecule has 1 rings (SSSR count). The molecule has 3 amide bonds. The van der Waals surface area contributed by atoms with Gasteiger partial charge < -0.3 is 0 Å². The van der Waals surface area contributed by atoms with Crippen molar-refractivity contribution in [3.8, 4) is 0 Å². The minimum atomic E-state index is -3.72. The highest BCUT2D eigenvalue weighted by atomic mass is 31.2. The summed E-state index contributed by atoms with van der Waals surface area (Å²) >= 11 is 0. The van der Waals surface area contributed by atoms with Gasteiger partial charge in [0, 0.05) is 13.5 Å². The molecule has 19 heavy (non-hydrogen) atoms. The van der Waals surface area contributed by atoms with Gasteiger partial charge in [0.15, 0.2) is 0 Å². The molecule has 0 aromatic heterocycles. The average Bonchev–Trinajstić information content (AvgIpc) is 2.57. The summed E-state index contributed by atoms with van der Waals surface area (Å²) in [6.07, 6.45) is -0.715. The summed E-state index contributed by atoms with van der Waals surface area (Å²) in [7, 11) is -3.72. The van der Waals surface area contributed by atoms with Crippen LogP contribution in [-0.2, 0) is 18.4 Å². The van der Waals surface area contributed by atoms with E-state index in [-0.39, 0.29) is 31.2 Å². The largest absolute Gasteiger partial charge is 0.439 e. The second-order valence-corrected chi connectivity index (χ2v) is 6.69. The molecular formula is C11H21N2O5P. The molecule has 1 fully saturated rings. The lowest BCUT2D eigenvalue weighted by Gasteiger charge is -2.29. The second kappa shape index (κ2) is 6.03. The van der Waals surface area contributed by atoms with Crippen LogP contribution in [0.5, 0.6) is 0 Å². The van der Waals surface area contributed by atoms with Gasteiger partial charge in [-0.25, -0.2) is 14.0 Å². The van der Waals surface area contributed by atoms with Crippen molar-refractivity contribution in [3.63, 3.8) is 0 Å². The molecule has 7 nitrogen and oxygen atoms in total. The molecule has 1 heterocycles. The maximum Gasteiger partial charge on any atom is 0.439 e. The van der Waals surface area contributed by atoms with Crippen molar-refractivity contribution in [3.05, 3.63) is 0 Å². The van der Waals surface area contributed by atoms with Crippen LogP contribution in [0.4, 0.5) is 4.79 Å². The first kappa shape index (κ1) is 16.1.